The lowest BCUT2D eigenvalue weighted by Gasteiger charge is -2.08. The summed E-state index contributed by atoms with van der Waals surface area (Å²) >= 11 is 0. The molecule has 0 saturated heterocycles. The fourth-order valence-electron chi connectivity index (χ4n) is 2.05. The van der Waals surface area contributed by atoms with Crippen LogP contribution in [-0.4, -0.2) is 29.5 Å². The van der Waals surface area contributed by atoms with E-state index < -0.39 is 6.10 Å². The highest BCUT2D eigenvalue weighted by Gasteiger charge is 2.03. The summed E-state index contributed by atoms with van der Waals surface area (Å²) in [6.45, 7) is 1.86. The third-order valence-corrected chi connectivity index (χ3v) is 3.37. The van der Waals surface area contributed by atoms with Crippen molar-refractivity contribution in [2.75, 3.05) is 13.2 Å². The van der Waals surface area contributed by atoms with Gasteiger partial charge in [0.2, 0.25) is 0 Å². The number of hydrogen-bond donors (Lipinski definition) is 2. The molecule has 1 rings (SSSR count). The molecule has 0 aliphatic carbocycles. The number of aryl methyl sites for hydroxylation is 1. The molecule has 120 valence electrons. The lowest BCUT2D eigenvalue weighted by Crippen LogP contribution is -2.20. The van der Waals surface area contributed by atoms with E-state index in [2.05, 4.69) is 6.92 Å². The van der Waals surface area contributed by atoms with E-state index in [0.29, 0.717) is 5.75 Å². The third-order valence-electron chi connectivity index (χ3n) is 3.37. The van der Waals surface area contributed by atoms with Gasteiger partial charge in [0, 0.05) is 0 Å². The summed E-state index contributed by atoms with van der Waals surface area (Å²) in [4.78, 5) is 9.87. The van der Waals surface area contributed by atoms with E-state index >= 15 is 0 Å². The lowest BCUT2D eigenvalue weighted by atomic mass is 10.1. The van der Waals surface area contributed by atoms with Crippen LogP contribution in [0.1, 0.15) is 51.0 Å². The van der Waals surface area contributed by atoms with Gasteiger partial charge in [-0.1, -0.05) is 51.2 Å². The topological polar surface area (TPSA) is 58.9 Å². The van der Waals surface area contributed by atoms with Crippen LogP contribution in [0.15, 0.2) is 24.3 Å². The first-order chi connectivity index (χ1) is 10.3. The van der Waals surface area contributed by atoms with E-state index in [4.69, 9.17) is 20.0 Å². The molecule has 0 bridgehead atoms. The molecule has 0 aliphatic rings. The molecule has 0 heterocycles. The second-order valence-electron chi connectivity index (χ2n) is 5.37. The molecule has 0 aromatic heterocycles. The molecule has 0 fully saturated rings. The lowest BCUT2D eigenvalue weighted by molar-refractivity contribution is -0.226. The van der Waals surface area contributed by atoms with Gasteiger partial charge in [-0.3, -0.25) is 0 Å². The van der Waals surface area contributed by atoms with Crippen LogP contribution in [0, 0.1) is 0 Å². The Bertz CT molecular complexity index is 350. The van der Waals surface area contributed by atoms with Gasteiger partial charge >= 0.3 is 0 Å². The van der Waals surface area contributed by atoms with Crippen LogP contribution in [-0.2, 0) is 11.3 Å². The van der Waals surface area contributed by atoms with Crippen molar-refractivity contribution in [2.45, 2.75) is 58.0 Å². The molecule has 0 aliphatic heterocycles. The Labute approximate surface area is 127 Å². The first-order valence-electron chi connectivity index (χ1n) is 7.93. The maximum Gasteiger partial charge on any atom is 0.165 e. The zero-order chi connectivity index (χ0) is 15.3. The Morgan fingerprint density at radius 1 is 1.00 bits per heavy atom. The largest absolute Gasteiger partial charge is 0.394 e. The summed E-state index contributed by atoms with van der Waals surface area (Å²) in [5.74, 6) is 0.604. The van der Waals surface area contributed by atoms with E-state index in [0.717, 1.165) is 6.42 Å². The van der Waals surface area contributed by atoms with Crippen molar-refractivity contribution in [3.8, 4) is 5.75 Å². The first-order valence-corrected chi connectivity index (χ1v) is 7.93. The highest BCUT2D eigenvalue weighted by Crippen LogP contribution is 2.15. The van der Waals surface area contributed by atoms with Crippen molar-refractivity contribution in [2.24, 2.45) is 0 Å². The minimum absolute atomic E-state index is 0.0456. The van der Waals surface area contributed by atoms with Crippen LogP contribution in [0.25, 0.3) is 0 Å². The molecule has 1 atom stereocenters. The van der Waals surface area contributed by atoms with Crippen molar-refractivity contribution in [1.29, 1.82) is 0 Å². The van der Waals surface area contributed by atoms with Gasteiger partial charge in [-0.2, -0.15) is 4.89 Å². The van der Waals surface area contributed by atoms with Gasteiger partial charge in [0.05, 0.1) is 6.61 Å². The van der Waals surface area contributed by atoms with Crippen molar-refractivity contribution >= 4 is 0 Å². The molecule has 4 heteroatoms. The van der Waals surface area contributed by atoms with E-state index in [1.807, 2.05) is 24.3 Å². The zero-order valence-corrected chi connectivity index (χ0v) is 13.0. The van der Waals surface area contributed by atoms with Gasteiger partial charge in [-0.25, -0.2) is 0 Å². The average molecular weight is 296 g/mol. The minimum atomic E-state index is -0.906. The number of rotatable bonds is 12. The Morgan fingerprint density at radius 3 is 2.33 bits per heavy atom. The summed E-state index contributed by atoms with van der Waals surface area (Å²) in [6.07, 6.45) is 8.02. The van der Waals surface area contributed by atoms with Crippen molar-refractivity contribution in [1.82, 2.24) is 0 Å². The highest BCUT2D eigenvalue weighted by atomic mass is 17.2. The van der Waals surface area contributed by atoms with E-state index in [9.17, 15) is 0 Å². The fraction of sp³-hybridized carbons (Fsp3) is 0.647. The monoisotopic (exact) mass is 296 g/mol. The number of aliphatic hydroxyl groups excluding tert-OH is 2. The maximum atomic E-state index is 9.10. The molecule has 21 heavy (non-hydrogen) atoms. The smallest absolute Gasteiger partial charge is 0.165 e. The molecule has 0 spiro atoms. The maximum absolute atomic E-state index is 9.10. The van der Waals surface area contributed by atoms with E-state index in [1.54, 1.807) is 0 Å². The van der Waals surface area contributed by atoms with E-state index in [1.165, 1.54) is 44.1 Å². The SMILES string of the molecule is CCCCCCCCc1ccc(OOCC(O)CO)cc1. The molecular weight excluding hydrogens is 268 g/mol. The molecule has 4 nitrogen and oxygen atoms in total. The van der Waals surface area contributed by atoms with Crippen molar-refractivity contribution in [3.63, 3.8) is 0 Å². The fourth-order valence-corrected chi connectivity index (χ4v) is 2.05. The van der Waals surface area contributed by atoms with Gasteiger partial charge in [0.15, 0.2) is 5.75 Å². The van der Waals surface area contributed by atoms with Gasteiger partial charge in [0.1, 0.15) is 12.7 Å². The summed E-state index contributed by atoms with van der Waals surface area (Å²) in [5, 5.41) is 17.7. The summed E-state index contributed by atoms with van der Waals surface area (Å²) in [6, 6.07) is 7.79. The molecule has 1 aromatic rings. The Kier molecular flexibility index (Phi) is 9.87. The van der Waals surface area contributed by atoms with E-state index in [-0.39, 0.29) is 13.2 Å². The van der Waals surface area contributed by atoms with Crippen molar-refractivity contribution in [3.05, 3.63) is 29.8 Å². The van der Waals surface area contributed by atoms with Crippen LogP contribution >= 0.6 is 0 Å². The van der Waals surface area contributed by atoms with Crippen LogP contribution in [0.5, 0.6) is 5.75 Å². The number of aliphatic hydroxyl groups is 2. The predicted molar refractivity (Wildman–Crippen MR) is 83.2 cm³/mol. The Hall–Kier alpha value is -1.10. The van der Waals surface area contributed by atoms with Crippen LogP contribution in [0.3, 0.4) is 0 Å². The molecule has 1 unspecified atom stereocenters. The Balaban J connectivity index is 2.15. The minimum Gasteiger partial charge on any atom is -0.394 e. The van der Waals surface area contributed by atoms with Crippen LogP contribution < -0.4 is 4.89 Å². The number of hydrogen-bond acceptors (Lipinski definition) is 4. The molecule has 1 aromatic carbocycles. The van der Waals surface area contributed by atoms with Crippen molar-refractivity contribution < 1.29 is 20.0 Å². The van der Waals surface area contributed by atoms with Gasteiger partial charge < -0.3 is 15.1 Å². The standard InChI is InChI=1S/C17H28O4/c1-2-3-4-5-6-7-8-15-9-11-17(12-10-15)21-20-14-16(19)13-18/h9-12,16,18-19H,2-8,13-14H2,1H3. The number of unbranched alkanes of at least 4 members (excludes halogenated alkanes) is 5. The normalized spacial score (nSPS) is 12.3. The molecule has 0 radical (unpaired) electrons. The number of benzene rings is 1. The second kappa shape index (κ2) is 11.5. The molecule has 2 N–H and O–H groups in total. The molecule has 0 saturated carbocycles. The first kappa shape index (κ1) is 18.0. The predicted octanol–water partition coefficient (Wildman–Crippen LogP) is 3.25. The zero-order valence-electron chi connectivity index (χ0n) is 13.0. The van der Waals surface area contributed by atoms with Gasteiger partial charge in [-0.05, 0) is 30.5 Å². The van der Waals surface area contributed by atoms with Crippen LogP contribution in [0.2, 0.25) is 0 Å². The van der Waals surface area contributed by atoms with Crippen LogP contribution in [0.4, 0.5) is 0 Å². The average Bonchev–Trinajstić information content (AvgIpc) is 2.52. The second-order valence-corrected chi connectivity index (χ2v) is 5.37. The molecular formula is C17H28O4. The molecule has 0 amide bonds. The summed E-state index contributed by atoms with van der Waals surface area (Å²) < 4.78 is 0. The van der Waals surface area contributed by atoms with Gasteiger partial charge in [-0.15, -0.1) is 0 Å². The summed E-state index contributed by atoms with van der Waals surface area (Å²) in [5.41, 5.74) is 1.30. The third kappa shape index (κ3) is 8.71. The van der Waals surface area contributed by atoms with Gasteiger partial charge in [0.25, 0.3) is 0 Å². The highest BCUT2D eigenvalue weighted by molar-refractivity contribution is 5.26. The Morgan fingerprint density at radius 2 is 1.67 bits per heavy atom. The quantitative estimate of drug-likeness (QED) is 0.353. The summed E-state index contributed by atoms with van der Waals surface area (Å²) in [7, 11) is 0.